The molecule has 0 bridgehead atoms. The van der Waals surface area contributed by atoms with Crippen LogP contribution in [0.15, 0.2) is 12.2 Å². The Morgan fingerprint density at radius 3 is 1.86 bits per heavy atom. The van der Waals surface area contributed by atoms with Crippen LogP contribution in [0.4, 0.5) is 0 Å². The number of rotatable bonds is 14. The van der Waals surface area contributed by atoms with Gasteiger partial charge >= 0.3 is 5.97 Å². The molecule has 2 heteroatoms. The predicted octanol–water partition coefficient (Wildman–Crippen LogP) is 6.34. The molecule has 1 heterocycles. The van der Waals surface area contributed by atoms with Crippen LogP contribution in [-0.2, 0) is 9.53 Å². The number of hydrogen-bond donors (Lipinski definition) is 0. The molecule has 0 saturated carbocycles. The molecule has 0 aromatic heterocycles. The van der Waals surface area contributed by atoms with Crippen LogP contribution in [0.5, 0.6) is 0 Å². The predicted molar refractivity (Wildman–Crippen MR) is 93.9 cm³/mol. The SMILES string of the molecule is CCCCCCCCCCCCCCC[C@H]1CC=CC(=O)O1. The van der Waals surface area contributed by atoms with E-state index in [9.17, 15) is 4.79 Å². The molecule has 0 aromatic carbocycles. The quantitative estimate of drug-likeness (QED) is 0.276. The summed E-state index contributed by atoms with van der Waals surface area (Å²) in [6.45, 7) is 2.28. The third kappa shape index (κ3) is 10.9. The highest BCUT2D eigenvalue weighted by Crippen LogP contribution is 2.17. The minimum atomic E-state index is -0.161. The van der Waals surface area contributed by atoms with Crippen LogP contribution in [0.3, 0.4) is 0 Å². The molecular formula is C20H36O2. The second kappa shape index (κ2) is 13.8. The molecule has 0 aromatic rings. The molecule has 1 aliphatic rings. The first-order valence-electron chi connectivity index (χ1n) is 9.70. The van der Waals surface area contributed by atoms with Crippen LogP contribution in [-0.4, -0.2) is 12.1 Å². The van der Waals surface area contributed by atoms with Crippen molar-refractivity contribution in [3.63, 3.8) is 0 Å². The van der Waals surface area contributed by atoms with Gasteiger partial charge in [-0.2, -0.15) is 0 Å². The fraction of sp³-hybridized carbons (Fsp3) is 0.850. The van der Waals surface area contributed by atoms with Gasteiger partial charge in [-0.15, -0.1) is 0 Å². The van der Waals surface area contributed by atoms with E-state index in [0.717, 1.165) is 12.8 Å². The summed E-state index contributed by atoms with van der Waals surface area (Å²) in [6, 6.07) is 0. The largest absolute Gasteiger partial charge is 0.459 e. The molecule has 0 spiro atoms. The Morgan fingerprint density at radius 1 is 0.864 bits per heavy atom. The lowest BCUT2D eigenvalue weighted by Gasteiger charge is -2.18. The van der Waals surface area contributed by atoms with Crippen LogP contribution in [0, 0.1) is 0 Å². The molecule has 0 N–H and O–H groups in total. The van der Waals surface area contributed by atoms with E-state index in [2.05, 4.69) is 6.92 Å². The van der Waals surface area contributed by atoms with E-state index >= 15 is 0 Å². The van der Waals surface area contributed by atoms with E-state index in [4.69, 9.17) is 4.74 Å². The summed E-state index contributed by atoms with van der Waals surface area (Å²) in [5.41, 5.74) is 0. The Labute approximate surface area is 137 Å². The van der Waals surface area contributed by atoms with Gasteiger partial charge in [0.2, 0.25) is 0 Å². The second-order valence-corrected chi connectivity index (χ2v) is 6.73. The summed E-state index contributed by atoms with van der Waals surface area (Å²) in [4.78, 5) is 11.1. The average Bonchev–Trinajstić information content (AvgIpc) is 2.52. The third-order valence-electron chi connectivity index (χ3n) is 4.57. The molecule has 0 fully saturated rings. The molecule has 0 amide bonds. The van der Waals surface area contributed by atoms with E-state index in [-0.39, 0.29) is 12.1 Å². The highest BCUT2D eigenvalue weighted by Gasteiger charge is 2.14. The first-order valence-corrected chi connectivity index (χ1v) is 9.70. The summed E-state index contributed by atoms with van der Waals surface area (Å²) in [6.07, 6.45) is 23.5. The maximum absolute atomic E-state index is 11.1. The fourth-order valence-corrected chi connectivity index (χ4v) is 3.13. The summed E-state index contributed by atoms with van der Waals surface area (Å²) >= 11 is 0. The number of cyclic esters (lactones) is 1. The third-order valence-corrected chi connectivity index (χ3v) is 4.57. The van der Waals surface area contributed by atoms with Gasteiger partial charge < -0.3 is 4.74 Å². The van der Waals surface area contributed by atoms with Crippen molar-refractivity contribution in [2.75, 3.05) is 0 Å². The van der Waals surface area contributed by atoms with Gasteiger partial charge in [-0.05, 0) is 12.8 Å². The molecule has 0 saturated heterocycles. The maximum atomic E-state index is 11.1. The molecular weight excluding hydrogens is 272 g/mol. The second-order valence-electron chi connectivity index (χ2n) is 6.73. The van der Waals surface area contributed by atoms with Gasteiger partial charge in [0.15, 0.2) is 0 Å². The minimum absolute atomic E-state index is 0.144. The zero-order valence-electron chi connectivity index (χ0n) is 14.7. The molecule has 1 rings (SSSR count). The minimum Gasteiger partial charge on any atom is -0.459 e. The topological polar surface area (TPSA) is 26.3 Å². The first kappa shape index (κ1) is 19.3. The van der Waals surface area contributed by atoms with Gasteiger partial charge in [-0.25, -0.2) is 4.79 Å². The highest BCUT2D eigenvalue weighted by atomic mass is 16.5. The molecule has 2 nitrogen and oxygen atoms in total. The van der Waals surface area contributed by atoms with Crippen LogP contribution < -0.4 is 0 Å². The number of unbranched alkanes of at least 4 members (excludes halogenated alkanes) is 12. The van der Waals surface area contributed by atoms with Crippen molar-refractivity contribution in [3.8, 4) is 0 Å². The van der Waals surface area contributed by atoms with E-state index < -0.39 is 0 Å². The smallest absolute Gasteiger partial charge is 0.330 e. The highest BCUT2D eigenvalue weighted by molar-refractivity contribution is 5.82. The standard InChI is InChI=1S/C20H36O2/c1-2-3-4-5-6-7-8-9-10-11-12-13-14-16-19-17-15-18-20(21)22-19/h15,18-19H,2-14,16-17H2,1H3/t19-/m0/s1. The van der Waals surface area contributed by atoms with Gasteiger partial charge in [-0.3, -0.25) is 0 Å². The van der Waals surface area contributed by atoms with E-state index in [1.807, 2.05) is 6.08 Å². The maximum Gasteiger partial charge on any atom is 0.330 e. The Bertz CT molecular complexity index is 296. The van der Waals surface area contributed by atoms with Crippen molar-refractivity contribution < 1.29 is 9.53 Å². The van der Waals surface area contributed by atoms with Gasteiger partial charge in [0.05, 0.1) is 0 Å². The zero-order chi connectivity index (χ0) is 15.9. The fourth-order valence-electron chi connectivity index (χ4n) is 3.13. The Morgan fingerprint density at radius 2 is 1.36 bits per heavy atom. The van der Waals surface area contributed by atoms with Gasteiger partial charge in [-0.1, -0.05) is 90.0 Å². The lowest BCUT2D eigenvalue weighted by Crippen LogP contribution is -2.19. The van der Waals surface area contributed by atoms with Gasteiger partial charge in [0.25, 0.3) is 0 Å². The summed E-state index contributed by atoms with van der Waals surface area (Å²) in [5, 5.41) is 0. The summed E-state index contributed by atoms with van der Waals surface area (Å²) in [5.74, 6) is -0.161. The van der Waals surface area contributed by atoms with Crippen LogP contribution in [0.1, 0.15) is 103 Å². The first-order chi connectivity index (χ1) is 10.8. The number of carbonyl (C=O) groups excluding carboxylic acids is 1. The number of carbonyl (C=O) groups is 1. The van der Waals surface area contributed by atoms with Crippen molar-refractivity contribution in [2.45, 2.75) is 109 Å². The summed E-state index contributed by atoms with van der Waals surface area (Å²) < 4.78 is 5.27. The number of ether oxygens (including phenoxy) is 1. The van der Waals surface area contributed by atoms with Crippen molar-refractivity contribution in [3.05, 3.63) is 12.2 Å². The molecule has 1 aliphatic heterocycles. The van der Waals surface area contributed by atoms with Crippen molar-refractivity contribution >= 4 is 5.97 Å². The monoisotopic (exact) mass is 308 g/mol. The van der Waals surface area contributed by atoms with Crippen LogP contribution in [0.25, 0.3) is 0 Å². The van der Waals surface area contributed by atoms with Crippen LogP contribution in [0.2, 0.25) is 0 Å². The van der Waals surface area contributed by atoms with Crippen molar-refractivity contribution in [1.82, 2.24) is 0 Å². The van der Waals surface area contributed by atoms with Crippen molar-refractivity contribution in [1.29, 1.82) is 0 Å². The average molecular weight is 309 g/mol. The molecule has 22 heavy (non-hydrogen) atoms. The Kier molecular flexibility index (Phi) is 12.1. The van der Waals surface area contributed by atoms with E-state index in [1.54, 1.807) is 6.08 Å². The number of hydrogen-bond acceptors (Lipinski definition) is 2. The van der Waals surface area contributed by atoms with Crippen LogP contribution >= 0.6 is 0 Å². The molecule has 0 unspecified atom stereocenters. The zero-order valence-corrected chi connectivity index (χ0v) is 14.7. The normalized spacial score (nSPS) is 17.7. The number of esters is 1. The molecule has 0 aliphatic carbocycles. The molecule has 1 atom stereocenters. The Balaban J connectivity index is 1.75. The van der Waals surface area contributed by atoms with E-state index in [1.165, 1.54) is 83.5 Å². The molecule has 128 valence electrons. The Hall–Kier alpha value is -0.790. The van der Waals surface area contributed by atoms with Gasteiger partial charge in [0.1, 0.15) is 6.10 Å². The molecule has 0 radical (unpaired) electrons. The lowest BCUT2D eigenvalue weighted by molar-refractivity contribution is -0.144. The summed E-state index contributed by atoms with van der Waals surface area (Å²) in [7, 11) is 0. The van der Waals surface area contributed by atoms with E-state index in [0.29, 0.717) is 0 Å². The van der Waals surface area contributed by atoms with Crippen molar-refractivity contribution in [2.24, 2.45) is 0 Å². The van der Waals surface area contributed by atoms with Gasteiger partial charge in [0, 0.05) is 12.5 Å². The lowest BCUT2D eigenvalue weighted by atomic mass is 10.0.